The van der Waals surface area contributed by atoms with E-state index in [0.29, 0.717) is 16.5 Å². The lowest BCUT2D eigenvalue weighted by Gasteiger charge is -2.12. The summed E-state index contributed by atoms with van der Waals surface area (Å²) >= 11 is 1.23. The number of rotatable bonds is 7. The Morgan fingerprint density at radius 3 is 2.83 bits per heavy atom. The number of nitrogens with one attached hydrogen (secondary N) is 1. The molecule has 0 bridgehead atoms. The molecule has 0 aromatic carbocycles. The van der Waals surface area contributed by atoms with Gasteiger partial charge >= 0.3 is 0 Å². The van der Waals surface area contributed by atoms with E-state index >= 15 is 0 Å². The molecule has 2 rings (SSSR count). The molecule has 102 valence electrons. The number of sulfonamides is 1. The van der Waals surface area contributed by atoms with Gasteiger partial charge in [0.2, 0.25) is 10.0 Å². The SMILES string of the molecule is CC(CC1CC1)NS(=O)(=O)c1ccc(CCO)s1. The molecule has 1 atom stereocenters. The van der Waals surface area contributed by atoms with E-state index in [1.165, 1.54) is 24.2 Å². The molecule has 1 aromatic heterocycles. The summed E-state index contributed by atoms with van der Waals surface area (Å²) in [6, 6.07) is 3.37. The molecule has 0 amide bonds. The first-order chi connectivity index (χ1) is 8.51. The average molecular weight is 289 g/mol. The second kappa shape index (κ2) is 5.69. The fourth-order valence-corrected chi connectivity index (χ4v) is 4.59. The maximum atomic E-state index is 12.1. The van der Waals surface area contributed by atoms with Gasteiger partial charge in [-0.1, -0.05) is 12.8 Å². The minimum atomic E-state index is -3.39. The Kier molecular flexibility index (Phi) is 4.42. The number of aliphatic hydroxyl groups excluding tert-OH is 1. The molecule has 0 aliphatic heterocycles. The second-order valence-corrected chi connectivity index (χ2v) is 8.00. The maximum Gasteiger partial charge on any atom is 0.250 e. The van der Waals surface area contributed by atoms with Crippen LogP contribution >= 0.6 is 11.3 Å². The molecule has 1 aliphatic rings. The van der Waals surface area contributed by atoms with E-state index in [1.54, 1.807) is 12.1 Å². The normalized spacial score (nSPS) is 17.9. The summed E-state index contributed by atoms with van der Waals surface area (Å²) < 4.78 is 27.3. The van der Waals surface area contributed by atoms with Crippen molar-refractivity contribution in [3.63, 3.8) is 0 Å². The van der Waals surface area contributed by atoms with Crippen molar-refractivity contribution in [1.29, 1.82) is 0 Å². The van der Waals surface area contributed by atoms with Crippen LogP contribution in [0.2, 0.25) is 0 Å². The van der Waals surface area contributed by atoms with Crippen molar-refractivity contribution in [2.24, 2.45) is 5.92 Å². The Morgan fingerprint density at radius 1 is 1.50 bits per heavy atom. The highest BCUT2D eigenvalue weighted by atomic mass is 32.2. The molecule has 18 heavy (non-hydrogen) atoms. The summed E-state index contributed by atoms with van der Waals surface area (Å²) in [5.74, 6) is 0.705. The van der Waals surface area contributed by atoms with E-state index in [4.69, 9.17) is 5.11 Å². The Balaban J connectivity index is 1.99. The topological polar surface area (TPSA) is 66.4 Å². The number of hydrogen-bond acceptors (Lipinski definition) is 4. The smallest absolute Gasteiger partial charge is 0.250 e. The van der Waals surface area contributed by atoms with E-state index in [-0.39, 0.29) is 12.6 Å². The summed E-state index contributed by atoms with van der Waals surface area (Å²) in [7, 11) is -3.39. The summed E-state index contributed by atoms with van der Waals surface area (Å²) in [5, 5.41) is 8.82. The van der Waals surface area contributed by atoms with Gasteiger partial charge in [0.25, 0.3) is 0 Å². The van der Waals surface area contributed by atoms with E-state index < -0.39 is 10.0 Å². The predicted octanol–water partition coefficient (Wildman–Crippen LogP) is 1.75. The first kappa shape index (κ1) is 14.0. The van der Waals surface area contributed by atoms with Crippen LogP contribution < -0.4 is 4.72 Å². The zero-order valence-electron chi connectivity index (χ0n) is 10.4. The van der Waals surface area contributed by atoms with E-state index in [9.17, 15) is 8.42 Å². The summed E-state index contributed by atoms with van der Waals surface area (Å²) in [5.41, 5.74) is 0. The Labute approximate surface area is 112 Å². The third kappa shape index (κ3) is 3.78. The zero-order valence-corrected chi connectivity index (χ0v) is 12.1. The van der Waals surface area contributed by atoms with Gasteiger partial charge in [0.05, 0.1) is 0 Å². The highest BCUT2D eigenvalue weighted by Crippen LogP contribution is 2.33. The third-order valence-corrected chi connectivity index (χ3v) is 6.23. The number of aliphatic hydroxyl groups is 1. The molecule has 0 radical (unpaired) electrons. The predicted molar refractivity (Wildman–Crippen MR) is 72.2 cm³/mol. The Hall–Kier alpha value is -0.430. The van der Waals surface area contributed by atoms with E-state index in [0.717, 1.165) is 11.3 Å². The minimum absolute atomic E-state index is 0.00843. The van der Waals surface area contributed by atoms with Crippen LogP contribution in [-0.2, 0) is 16.4 Å². The van der Waals surface area contributed by atoms with Crippen LogP contribution in [0.25, 0.3) is 0 Å². The van der Waals surface area contributed by atoms with Gasteiger partial charge in [0, 0.05) is 23.9 Å². The first-order valence-corrected chi connectivity index (χ1v) is 8.53. The maximum absolute atomic E-state index is 12.1. The van der Waals surface area contributed by atoms with Crippen LogP contribution in [0.15, 0.2) is 16.3 Å². The Bertz CT molecular complexity index is 491. The molecular formula is C12H19NO3S2. The van der Waals surface area contributed by atoms with Crippen molar-refractivity contribution >= 4 is 21.4 Å². The van der Waals surface area contributed by atoms with Crippen molar-refractivity contribution in [3.05, 3.63) is 17.0 Å². The molecular weight excluding hydrogens is 270 g/mol. The quantitative estimate of drug-likeness (QED) is 0.803. The van der Waals surface area contributed by atoms with Crippen LogP contribution in [0.1, 0.15) is 31.1 Å². The number of thiophene rings is 1. The molecule has 0 saturated heterocycles. The van der Waals surface area contributed by atoms with Crippen LogP contribution in [0.3, 0.4) is 0 Å². The lowest BCUT2D eigenvalue weighted by atomic mass is 10.2. The largest absolute Gasteiger partial charge is 0.396 e. The molecule has 2 N–H and O–H groups in total. The summed E-state index contributed by atoms with van der Waals surface area (Å²) in [6.07, 6.45) is 3.89. The first-order valence-electron chi connectivity index (χ1n) is 6.23. The van der Waals surface area contributed by atoms with Gasteiger partial charge in [0.15, 0.2) is 0 Å². The summed E-state index contributed by atoms with van der Waals surface area (Å²) in [4.78, 5) is 0.896. The van der Waals surface area contributed by atoms with Crippen molar-refractivity contribution in [3.8, 4) is 0 Å². The number of hydrogen-bond donors (Lipinski definition) is 2. The van der Waals surface area contributed by atoms with Gasteiger partial charge in [0.1, 0.15) is 4.21 Å². The monoisotopic (exact) mass is 289 g/mol. The third-order valence-electron chi connectivity index (χ3n) is 3.00. The fourth-order valence-electron chi connectivity index (χ4n) is 1.97. The van der Waals surface area contributed by atoms with Gasteiger partial charge in [-0.15, -0.1) is 11.3 Å². The van der Waals surface area contributed by atoms with Gasteiger partial charge in [-0.3, -0.25) is 0 Å². The molecule has 0 spiro atoms. The van der Waals surface area contributed by atoms with Crippen molar-refractivity contribution in [2.75, 3.05) is 6.61 Å². The molecule has 1 fully saturated rings. The van der Waals surface area contributed by atoms with Gasteiger partial charge < -0.3 is 5.11 Å². The molecule has 1 unspecified atom stereocenters. The van der Waals surface area contributed by atoms with Crippen molar-refractivity contribution in [1.82, 2.24) is 4.72 Å². The van der Waals surface area contributed by atoms with Crippen molar-refractivity contribution < 1.29 is 13.5 Å². The Morgan fingerprint density at radius 2 is 2.22 bits per heavy atom. The molecule has 4 nitrogen and oxygen atoms in total. The van der Waals surface area contributed by atoms with E-state index in [2.05, 4.69) is 4.72 Å². The molecule has 1 aromatic rings. The van der Waals surface area contributed by atoms with Gasteiger partial charge in [-0.2, -0.15) is 0 Å². The van der Waals surface area contributed by atoms with Gasteiger partial charge in [-0.05, 0) is 31.4 Å². The van der Waals surface area contributed by atoms with Crippen LogP contribution in [0, 0.1) is 5.92 Å². The molecule has 6 heteroatoms. The second-order valence-electron chi connectivity index (χ2n) is 4.90. The average Bonchev–Trinajstić information content (AvgIpc) is 2.94. The standard InChI is InChI=1S/C12H19NO3S2/c1-9(8-10-2-3-10)13-18(15,16)12-5-4-11(17-12)6-7-14/h4-5,9-10,13-14H,2-3,6-8H2,1H3. The zero-order chi connectivity index (χ0) is 13.2. The molecule has 1 aliphatic carbocycles. The molecule has 1 saturated carbocycles. The van der Waals surface area contributed by atoms with Crippen LogP contribution in [0.4, 0.5) is 0 Å². The fraction of sp³-hybridized carbons (Fsp3) is 0.667. The highest BCUT2D eigenvalue weighted by molar-refractivity contribution is 7.91. The lowest BCUT2D eigenvalue weighted by Crippen LogP contribution is -2.32. The van der Waals surface area contributed by atoms with E-state index in [1.807, 2.05) is 6.92 Å². The van der Waals surface area contributed by atoms with Gasteiger partial charge in [-0.25, -0.2) is 13.1 Å². The minimum Gasteiger partial charge on any atom is -0.396 e. The van der Waals surface area contributed by atoms with Crippen LogP contribution in [-0.4, -0.2) is 26.2 Å². The van der Waals surface area contributed by atoms with Crippen LogP contribution in [0.5, 0.6) is 0 Å². The molecule has 1 heterocycles. The van der Waals surface area contributed by atoms with Crippen molar-refractivity contribution in [2.45, 2.75) is 42.9 Å². The highest BCUT2D eigenvalue weighted by Gasteiger charge is 2.26. The summed E-state index contributed by atoms with van der Waals surface area (Å²) in [6.45, 7) is 1.96. The lowest BCUT2D eigenvalue weighted by molar-refractivity contribution is 0.300.